The number of hydrogen-bond acceptors (Lipinski definition) is 2. The smallest absolute Gasteiger partial charge is 0.00793 e. The zero-order valence-corrected chi connectivity index (χ0v) is 10.3. The third-order valence-corrected chi connectivity index (χ3v) is 4.43. The summed E-state index contributed by atoms with van der Waals surface area (Å²) >= 11 is 0. The topological polar surface area (TPSA) is 29.3 Å². The fourth-order valence-corrected chi connectivity index (χ4v) is 3.23. The number of likely N-dealkylation sites (tertiary alicyclic amines) is 1. The van der Waals surface area contributed by atoms with Gasteiger partial charge in [-0.25, -0.2) is 0 Å². The molecule has 0 radical (unpaired) electrons. The van der Waals surface area contributed by atoms with Crippen molar-refractivity contribution < 1.29 is 0 Å². The number of hydrogen-bond donors (Lipinski definition) is 1. The van der Waals surface area contributed by atoms with Crippen molar-refractivity contribution >= 4 is 0 Å². The summed E-state index contributed by atoms with van der Waals surface area (Å²) in [5.41, 5.74) is 6.15. The van der Waals surface area contributed by atoms with Crippen LogP contribution in [0.1, 0.15) is 46.0 Å². The van der Waals surface area contributed by atoms with Gasteiger partial charge in [0, 0.05) is 25.2 Å². The van der Waals surface area contributed by atoms with Crippen molar-refractivity contribution in [2.45, 2.75) is 58.0 Å². The molecule has 0 amide bonds. The molecule has 1 saturated heterocycles. The molecule has 15 heavy (non-hydrogen) atoms. The van der Waals surface area contributed by atoms with E-state index >= 15 is 0 Å². The maximum absolute atomic E-state index is 6.15. The molecule has 0 aromatic rings. The lowest BCUT2D eigenvalue weighted by atomic mass is 9.93. The van der Waals surface area contributed by atoms with Crippen molar-refractivity contribution in [1.29, 1.82) is 0 Å². The molecule has 1 aliphatic carbocycles. The van der Waals surface area contributed by atoms with Gasteiger partial charge >= 0.3 is 0 Å². The van der Waals surface area contributed by atoms with E-state index in [1.807, 2.05) is 0 Å². The molecule has 4 unspecified atom stereocenters. The Balaban J connectivity index is 1.86. The third-order valence-electron chi connectivity index (χ3n) is 4.43. The highest BCUT2D eigenvalue weighted by Crippen LogP contribution is 2.28. The van der Waals surface area contributed by atoms with E-state index in [-0.39, 0.29) is 0 Å². The van der Waals surface area contributed by atoms with Gasteiger partial charge in [0.15, 0.2) is 0 Å². The van der Waals surface area contributed by atoms with Gasteiger partial charge in [-0.1, -0.05) is 13.3 Å². The third kappa shape index (κ3) is 2.73. The highest BCUT2D eigenvalue weighted by molar-refractivity contribution is 4.86. The van der Waals surface area contributed by atoms with Gasteiger partial charge in [-0.05, 0) is 44.4 Å². The van der Waals surface area contributed by atoms with E-state index < -0.39 is 0 Å². The summed E-state index contributed by atoms with van der Waals surface area (Å²) in [5, 5.41) is 0. The summed E-state index contributed by atoms with van der Waals surface area (Å²) in [6, 6.07) is 1.27. The SMILES string of the molecule is CC1CCC(C)N(CC2CCCC2N)C1. The zero-order valence-electron chi connectivity index (χ0n) is 10.3. The maximum Gasteiger partial charge on any atom is 0.00793 e. The van der Waals surface area contributed by atoms with Crippen LogP contribution < -0.4 is 5.73 Å². The van der Waals surface area contributed by atoms with Crippen LogP contribution in [0.5, 0.6) is 0 Å². The lowest BCUT2D eigenvalue weighted by Crippen LogP contribution is -2.45. The van der Waals surface area contributed by atoms with E-state index in [4.69, 9.17) is 5.73 Å². The predicted molar refractivity (Wildman–Crippen MR) is 64.7 cm³/mol. The van der Waals surface area contributed by atoms with Gasteiger partial charge in [-0.15, -0.1) is 0 Å². The Hall–Kier alpha value is -0.0800. The van der Waals surface area contributed by atoms with E-state index in [0.29, 0.717) is 6.04 Å². The largest absolute Gasteiger partial charge is 0.327 e. The van der Waals surface area contributed by atoms with Crippen LogP contribution in [0, 0.1) is 11.8 Å². The van der Waals surface area contributed by atoms with E-state index in [2.05, 4.69) is 18.7 Å². The molecule has 0 aromatic heterocycles. The lowest BCUT2D eigenvalue weighted by Gasteiger charge is -2.38. The highest BCUT2D eigenvalue weighted by atomic mass is 15.2. The van der Waals surface area contributed by atoms with Crippen LogP contribution in [-0.2, 0) is 0 Å². The molecule has 2 fully saturated rings. The summed E-state index contributed by atoms with van der Waals surface area (Å²) < 4.78 is 0. The summed E-state index contributed by atoms with van der Waals surface area (Å²) in [5.74, 6) is 1.66. The van der Waals surface area contributed by atoms with Crippen LogP contribution in [0.25, 0.3) is 0 Å². The van der Waals surface area contributed by atoms with E-state index in [1.165, 1.54) is 45.2 Å². The van der Waals surface area contributed by atoms with Crippen LogP contribution in [0.15, 0.2) is 0 Å². The van der Waals surface area contributed by atoms with E-state index in [1.54, 1.807) is 0 Å². The lowest BCUT2D eigenvalue weighted by molar-refractivity contribution is 0.103. The number of rotatable bonds is 2. The molecule has 1 saturated carbocycles. The Morgan fingerprint density at radius 1 is 1.13 bits per heavy atom. The summed E-state index contributed by atoms with van der Waals surface area (Å²) in [4.78, 5) is 2.68. The molecule has 1 heterocycles. The summed E-state index contributed by atoms with van der Waals surface area (Å²) in [6.45, 7) is 7.32. The van der Waals surface area contributed by atoms with Crippen molar-refractivity contribution in [2.75, 3.05) is 13.1 Å². The van der Waals surface area contributed by atoms with Gasteiger partial charge in [0.1, 0.15) is 0 Å². The fourth-order valence-electron chi connectivity index (χ4n) is 3.23. The normalized spacial score (nSPS) is 43.4. The Morgan fingerprint density at radius 2 is 1.93 bits per heavy atom. The molecule has 2 aliphatic rings. The molecule has 0 spiro atoms. The first-order valence-corrected chi connectivity index (χ1v) is 6.66. The van der Waals surface area contributed by atoms with Gasteiger partial charge in [0.2, 0.25) is 0 Å². The molecule has 2 rings (SSSR count). The maximum atomic E-state index is 6.15. The molecule has 88 valence electrons. The first-order chi connectivity index (χ1) is 7.16. The highest BCUT2D eigenvalue weighted by Gasteiger charge is 2.29. The molecule has 0 aromatic carbocycles. The van der Waals surface area contributed by atoms with Gasteiger partial charge in [-0.2, -0.15) is 0 Å². The fraction of sp³-hybridized carbons (Fsp3) is 1.00. The summed E-state index contributed by atoms with van der Waals surface area (Å²) in [7, 11) is 0. The molecule has 2 N–H and O–H groups in total. The monoisotopic (exact) mass is 210 g/mol. The number of nitrogens with two attached hydrogens (primary N) is 1. The Bertz CT molecular complexity index is 205. The second-order valence-electron chi connectivity index (χ2n) is 5.84. The zero-order chi connectivity index (χ0) is 10.8. The first-order valence-electron chi connectivity index (χ1n) is 6.66. The first kappa shape index (κ1) is 11.4. The van der Waals surface area contributed by atoms with Gasteiger partial charge < -0.3 is 10.6 Å². The van der Waals surface area contributed by atoms with Gasteiger partial charge in [0.25, 0.3) is 0 Å². The molecule has 4 atom stereocenters. The second-order valence-corrected chi connectivity index (χ2v) is 5.84. The van der Waals surface area contributed by atoms with Gasteiger partial charge in [-0.3, -0.25) is 0 Å². The Morgan fingerprint density at radius 3 is 2.60 bits per heavy atom. The average molecular weight is 210 g/mol. The molecular formula is C13H26N2. The average Bonchev–Trinajstić information content (AvgIpc) is 2.58. The van der Waals surface area contributed by atoms with Crippen LogP contribution in [0.3, 0.4) is 0 Å². The number of nitrogens with zero attached hydrogens (tertiary/aromatic N) is 1. The predicted octanol–water partition coefficient (Wildman–Crippen LogP) is 2.23. The Kier molecular flexibility index (Phi) is 3.68. The van der Waals surface area contributed by atoms with Crippen molar-refractivity contribution in [3.63, 3.8) is 0 Å². The van der Waals surface area contributed by atoms with Gasteiger partial charge in [0.05, 0.1) is 0 Å². The van der Waals surface area contributed by atoms with Crippen LogP contribution >= 0.6 is 0 Å². The molecular weight excluding hydrogens is 184 g/mol. The van der Waals surface area contributed by atoms with Crippen molar-refractivity contribution in [1.82, 2.24) is 4.90 Å². The van der Waals surface area contributed by atoms with E-state index in [0.717, 1.165) is 17.9 Å². The standard InChI is InChI=1S/C13H26N2/c1-10-6-7-11(2)15(8-10)9-12-4-3-5-13(12)14/h10-13H,3-9,14H2,1-2H3. The molecule has 1 aliphatic heterocycles. The van der Waals surface area contributed by atoms with Crippen molar-refractivity contribution in [3.05, 3.63) is 0 Å². The molecule has 2 nitrogen and oxygen atoms in total. The minimum Gasteiger partial charge on any atom is -0.327 e. The van der Waals surface area contributed by atoms with Crippen LogP contribution in [0.4, 0.5) is 0 Å². The van der Waals surface area contributed by atoms with Crippen LogP contribution in [-0.4, -0.2) is 30.1 Å². The second kappa shape index (κ2) is 4.84. The van der Waals surface area contributed by atoms with E-state index in [9.17, 15) is 0 Å². The quantitative estimate of drug-likeness (QED) is 0.757. The number of piperidine rings is 1. The van der Waals surface area contributed by atoms with Crippen LogP contribution in [0.2, 0.25) is 0 Å². The van der Waals surface area contributed by atoms with Crippen molar-refractivity contribution in [2.24, 2.45) is 17.6 Å². The minimum atomic E-state index is 0.481. The Labute approximate surface area is 94.2 Å². The summed E-state index contributed by atoms with van der Waals surface area (Å²) in [6.07, 6.45) is 6.75. The van der Waals surface area contributed by atoms with Crippen molar-refractivity contribution in [3.8, 4) is 0 Å². The molecule has 0 bridgehead atoms. The molecule has 2 heteroatoms. The minimum absolute atomic E-state index is 0.481.